The molecule has 9 heteroatoms. The van der Waals surface area contributed by atoms with Crippen LogP contribution >= 0.6 is 15.9 Å². The number of aliphatic hydroxyl groups is 1. The Morgan fingerprint density at radius 1 is 1.21 bits per heavy atom. The quantitative estimate of drug-likeness (QED) is 0.328. The molecule has 3 fully saturated rings. The SMILES string of the molecule is C=CCN(C)C(=O)[C@H]1[C@@H]2OC3(CC2Br)C(C(=O)N(CC=C)c2c(C)cccc2C)N([C@@H](CO)C(C)C)C(=O)[C@H]13. The highest BCUT2D eigenvalue weighted by atomic mass is 79.9. The number of halogens is 1. The Hall–Kier alpha value is -2.49. The van der Waals surface area contributed by atoms with Gasteiger partial charge in [0.15, 0.2) is 0 Å². The number of anilines is 1. The van der Waals surface area contributed by atoms with Crippen LogP contribution in [0.2, 0.25) is 0 Å². The molecule has 0 saturated carbocycles. The molecule has 2 bridgehead atoms. The number of nitrogens with zero attached hydrogens (tertiary/aromatic N) is 3. The van der Waals surface area contributed by atoms with Crippen molar-refractivity contribution in [3.63, 3.8) is 0 Å². The topological polar surface area (TPSA) is 90.4 Å². The number of alkyl halides is 1. The first-order valence-electron chi connectivity index (χ1n) is 13.6. The Morgan fingerprint density at radius 2 is 1.82 bits per heavy atom. The summed E-state index contributed by atoms with van der Waals surface area (Å²) in [6.07, 6.45) is 3.17. The normalized spacial score (nSPS) is 29.9. The highest BCUT2D eigenvalue weighted by Gasteiger charge is 2.77. The Labute approximate surface area is 239 Å². The molecular weight excluding hydrogens is 562 g/mol. The van der Waals surface area contributed by atoms with Crippen molar-refractivity contribution >= 4 is 39.3 Å². The number of amides is 3. The van der Waals surface area contributed by atoms with E-state index in [1.807, 2.05) is 45.9 Å². The zero-order valence-electron chi connectivity index (χ0n) is 23.5. The van der Waals surface area contributed by atoms with E-state index in [1.54, 1.807) is 29.0 Å². The maximum absolute atomic E-state index is 14.8. The fourth-order valence-corrected chi connectivity index (χ4v) is 7.89. The van der Waals surface area contributed by atoms with Crippen LogP contribution in [0.1, 0.15) is 31.4 Å². The van der Waals surface area contributed by atoms with Gasteiger partial charge in [0.1, 0.15) is 11.6 Å². The van der Waals surface area contributed by atoms with Crippen LogP contribution in [0, 0.1) is 31.6 Å². The molecule has 3 unspecified atom stereocenters. The minimum Gasteiger partial charge on any atom is -0.394 e. The molecule has 7 atom stereocenters. The molecule has 3 saturated heterocycles. The summed E-state index contributed by atoms with van der Waals surface area (Å²) in [5, 5.41) is 10.5. The largest absolute Gasteiger partial charge is 0.394 e. The van der Waals surface area contributed by atoms with E-state index in [0.717, 1.165) is 16.8 Å². The van der Waals surface area contributed by atoms with E-state index in [-0.39, 0.29) is 41.6 Å². The van der Waals surface area contributed by atoms with Gasteiger partial charge >= 0.3 is 0 Å². The fraction of sp³-hybridized carbons (Fsp3) is 0.567. The highest BCUT2D eigenvalue weighted by molar-refractivity contribution is 9.09. The highest BCUT2D eigenvalue weighted by Crippen LogP contribution is 2.61. The smallest absolute Gasteiger partial charge is 0.253 e. The van der Waals surface area contributed by atoms with Gasteiger partial charge in [0, 0.05) is 30.7 Å². The monoisotopic (exact) mass is 601 g/mol. The Balaban J connectivity index is 1.89. The zero-order valence-corrected chi connectivity index (χ0v) is 25.1. The maximum Gasteiger partial charge on any atom is 0.253 e. The summed E-state index contributed by atoms with van der Waals surface area (Å²) >= 11 is 3.72. The Kier molecular flexibility index (Phi) is 8.45. The number of likely N-dealkylation sites (tertiary alicyclic amines) is 1. The van der Waals surface area contributed by atoms with Crippen LogP contribution in [-0.2, 0) is 19.1 Å². The van der Waals surface area contributed by atoms with Gasteiger partial charge in [0.05, 0.1) is 30.6 Å². The van der Waals surface area contributed by atoms with Gasteiger partial charge in [-0.05, 0) is 37.3 Å². The molecule has 1 aromatic carbocycles. The molecule has 3 aliphatic rings. The van der Waals surface area contributed by atoms with Gasteiger partial charge in [0.25, 0.3) is 5.91 Å². The molecule has 3 heterocycles. The first-order chi connectivity index (χ1) is 18.5. The molecule has 0 aliphatic carbocycles. The molecule has 1 aromatic rings. The molecule has 3 aliphatic heterocycles. The third-order valence-electron chi connectivity index (χ3n) is 8.63. The van der Waals surface area contributed by atoms with Gasteiger partial charge in [-0.3, -0.25) is 14.4 Å². The van der Waals surface area contributed by atoms with Gasteiger partial charge in [0.2, 0.25) is 11.8 Å². The molecule has 1 N–H and O–H groups in total. The number of benzene rings is 1. The van der Waals surface area contributed by atoms with E-state index in [2.05, 4.69) is 29.1 Å². The van der Waals surface area contributed by atoms with E-state index in [1.165, 1.54) is 4.90 Å². The van der Waals surface area contributed by atoms with Gasteiger partial charge in [-0.1, -0.05) is 60.1 Å². The number of hydrogen-bond acceptors (Lipinski definition) is 5. The lowest BCUT2D eigenvalue weighted by atomic mass is 9.70. The number of carbonyl (C=O) groups excluding carboxylic acids is 3. The third kappa shape index (κ3) is 4.56. The lowest BCUT2D eigenvalue weighted by Gasteiger charge is -2.41. The summed E-state index contributed by atoms with van der Waals surface area (Å²) in [5.74, 6) is -2.53. The van der Waals surface area contributed by atoms with Gasteiger partial charge < -0.3 is 24.5 Å². The van der Waals surface area contributed by atoms with Crippen molar-refractivity contribution in [1.29, 1.82) is 0 Å². The number of aryl methyl sites for hydroxylation is 2. The number of aliphatic hydroxyl groups excluding tert-OH is 1. The average Bonchev–Trinajstić information content (AvgIpc) is 3.46. The van der Waals surface area contributed by atoms with E-state index < -0.39 is 35.6 Å². The van der Waals surface area contributed by atoms with Gasteiger partial charge in [-0.2, -0.15) is 0 Å². The number of ether oxygens (including phenoxy) is 1. The summed E-state index contributed by atoms with van der Waals surface area (Å²) in [4.78, 5) is 47.4. The number of para-hydroxylation sites is 1. The van der Waals surface area contributed by atoms with Gasteiger partial charge in [-0.25, -0.2) is 0 Å². The molecule has 4 rings (SSSR count). The minimum absolute atomic E-state index is 0.132. The summed E-state index contributed by atoms with van der Waals surface area (Å²) in [6.45, 7) is 15.6. The van der Waals surface area contributed by atoms with Crippen molar-refractivity contribution < 1.29 is 24.2 Å². The van der Waals surface area contributed by atoms with Crippen molar-refractivity contribution in [3.8, 4) is 0 Å². The predicted octanol–water partition coefficient (Wildman–Crippen LogP) is 3.23. The van der Waals surface area contributed by atoms with Crippen molar-refractivity contribution in [2.75, 3.05) is 31.6 Å². The summed E-state index contributed by atoms with van der Waals surface area (Å²) in [5.41, 5.74) is 1.40. The Bertz CT molecular complexity index is 1150. The first kappa shape index (κ1) is 29.5. The van der Waals surface area contributed by atoms with Crippen LogP contribution in [0.5, 0.6) is 0 Å². The second-order valence-electron chi connectivity index (χ2n) is 11.4. The van der Waals surface area contributed by atoms with Crippen molar-refractivity contribution in [3.05, 3.63) is 54.6 Å². The van der Waals surface area contributed by atoms with Crippen molar-refractivity contribution in [2.45, 2.75) is 62.7 Å². The average molecular weight is 603 g/mol. The molecule has 0 radical (unpaired) electrons. The maximum atomic E-state index is 14.8. The summed E-state index contributed by atoms with van der Waals surface area (Å²) in [6, 6.07) is 4.21. The third-order valence-corrected chi connectivity index (χ3v) is 9.47. The van der Waals surface area contributed by atoms with Crippen molar-refractivity contribution in [1.82, 2.24) is 9.80 Å². The fourth-order valence-electron chi connectivity index (χ4n) is 6.94. The summed E-state index contributed by atoms with van der Waals surface area (Å²) < 4.78 is 6.65. The van der Waals surface area contributed by atoms with Crippen molar-refractivity contribution in [2.24, 2.45) is 17.8 Å². The van der Waals surface area contributed by atoms with Crippen LogP contribution in [0.4, 0.5) is 5.69 Å². The number of hydrogen-bond donors (Lipinski definition) is 1. The zero-order chi connectivity index (χ0) is 28.8. The number of carbonyl (C=O) groups is 3. The second-order valence-corrected chi connectivity index (χ2v) is 12.6. The molecule has 39 heavy (non-hydrogen) atoms. The van der Waals surface area contributed by atoms with E-state index in [0.29, 0.717) is 13.0 Å². The Morgan fingerprint density at radius 3 is 2.36 bits per heavy atom. The van der Waals surface area contributed by atoms with Crippen LogP contribution in [0.15, 0.2) is 43.5 Å². The van der Waals surface area contributed by atoms with Crippen LogP contribution in [0.25, 0.3) is 0 Å². The number of fused-ring (bicyclic) bond motifs is 1. The number of likely N-dealkylation sites (N-methyl/N-ethyl adjacent to an activating group) is 1. The van der Waals surface area contributed by atoms with Crippen LogP contribution in [-0.4, -0.2) is 88.0 Å². The number of rotatable bonds is 10. The first-order valence-corrected chi connectivity index (χ1v) is 14.5. The standard InChI is InChI=1S/C30H40BrN3O5/c1-8-13-32(7)27(36)22-23-28(37)34(21(16-35)17(3)4)26(30(23)15-20(31)25(22)39-30)29(38)33(14-9-2)24-18(5)11-10-12-19(24)6/h8-12,17,20-23,25-26,35H,1-2,13-16H2,3-7H3/t20?,21-,22+,23-,25+,26?,30?/m0/s1. The minimum atomic E-state index is -1.21. The molecule has 0 aromatic heterocycles. The van der Waals surface area contributed by atoms with Gasteiger partial charge in [-0.15, -0.1) is 13.2 Å². The summed E-state index contributed by atoms with van der Waals surface area (Å²) in [7, 11) is 1.68. The van der Waals surface area contributed by atoms with E-state index >= 15 is 0 Å². The predicted molar refractivity (Wildman–Crippen MR) is 155 cm³/mol. The lowest BCUT2D eigenvalue weighted by Crippen LogP contribution is -2.60. The molecule has 212 valence electrons. The lowest BCUT2D eigenvalue weighted by molar-refractivity contribution is -0.147. The van der Waals surface area contributed by atoms with Crippen LogP contribution in [0.3, 0.4) is 0 Å². The van der Waals surface area contributed by atoms with E-state index in [9.17, 15) is 19.5 Å². The second kappa shape index (κ2) is 11.2. The molecule has 3 amide bonds. The van der Waals surface area contributed by atoms with Crippen LogP contribution < -0.4 is 4.90 Å². The molecule has 8 nitrogen and oxygen atoms in total. The molecular formula is C30H40BrN3O5. The van der Waals surface area contributed by atoms with E-state index in [4.69, 9.17) is 4.74 Å². The molecule has 1 spiro atoms.